The number of carbonyl (C=O) groups is 1. The van der Waals surface area contributed by atoms with Crippen LogP contribution in [0.1, 0.15) is 31.2 Å². The van der Waals surface area contributed by atoms with Gasteiger partial charge in [0.25, 0.3) is 5.91 Å². The molecule has 3 rings (SSSR count). The van der Waals surface area contributed by atoms with Crippen molar-refractivity contribution in [3.05, 3.63) is 28.8 Å². The number of benzene rings is 1. The van der Waals surface area contributed by atoms with E-state index in [2.05, 4.69) is 4.90 Å². The highest BCUT2D eigenvalue weighted by Gasteiger charge is 2.31. The summed E-state index contributed by atoms with van der Waals surface area (Å²) in [6, 6.07) is 5.54. The molecule has 0 saturated carbocycles. The molecule has 1 aromatic rings. The summed E-state index contributed by atoms with van der Waals surface area (Å²) in [7, 11) is 1.87. The van der Waals surface area contributed by atoms with Crippen LogP contribution in [0.4, 0.5) is 0 Å². The predicted molar refractivity (Wildman–Crippen MR) is 92.1 cm³/mol. The molecule has 0 aromatic heterocycles. The number of hydrogen-bond donors (Lipinski definition) is 0. The van der Waals surface area contributed by atoms with Crippen molar-refractivity contribution < 1.29 is 9.53 Å². The van der Waals surface area contributed by atoms with E-state index in [0.717, 1.165) is 30.8 Å². The number of ether oxygens (including phenoxy) is 1. The molecule has 0 aliphatic carbocycles. The molecule has 0 spiro atoms. The van der Waals surface area contributed by atoms with Gasteiger partial charge in [-0.3, -0.25) is 4.79 Å². The van der Waals surface area contributed by atoms with Gasteiger partial charge in [0.2, 0.25) is 0 Å². The number of carbonyl (C=O) groups excluding carboxylic acids is 1. The molecule has 1 amide bonds. The minimum Gasteiger partial charge on any atom is -0.480 e. The van der Waals surface area contributed by atoms with Gasteiger partial charge in [0.15, 0.2) is 6.10 Å². The van der Waals surface area contributed by atoms with Crippen LogP contribution in [0.5, 0.6) is 5.75 Å². The summed E-state index contributed by atoms with van der Waals surface area (Å²) in [5.74, 6) is 0.852. The number of hydrogen-bond acceptors (Lipinski definition) is 3. The van der Waals surface area contributed by atoms with E-state index in [1.165, 1.54) is 32.4 Å². The van der Waals surface area contributed by atoms with Crippen LogP contribution < -0.4 is 4.74 Å². The second-order valence-corrected chi connectivity index (χ2v) is 7.01. The average Bonchev–Trinajstić information content (AvgIpc) is 2.98. The molecule has 2 heterocycles. The lowest BCUT2D eigenvalue weighted by Gasteiger charge is -2.27. The molecule has 4 nitrogen and oxygen atoms in total. The Kier molecular flexibility index (Phi) is 5.44. The molecule has 0 N–H and O–H groups in total. The van der Waals surface area contributed by atoms with Crippen LogP contribution in [-0.2, 0) is 11.2 Å². The summed E-state index contributed by atoms with van der Waals surface area (Å²) in [6.45, 7) is 4.28. The van der Waals surface area contributed by atoms with Crippen LogP contribution in [0.3, 0.4) is 0 Å². The van der Waals surface area contributed by atoms with Gasteiger partial charge in [-0.1, -0.05) is 18.0 Å². The summed E-state index contributed by atoms with van der Waals surface area (Å²) < 4.78 is 5.78. The second kappa shape index (κ2) is 7.54. The zero-order valence-electron chi connectivity index (χ0n) is 13.8. The van der Waals surface area contributed by atoms with Crippen molar-refractivity contribution in [1.29, 1.82) is 0 Å². The topological polar surface area (TPSA) is 32.8 Å². The van der Waals surface area contributed by atoms with Gasteiger partial charge in [-0.2, -0.15) is 0 Å². The molecule has 1 aromatic carbocycles. The minimum atomic E-state index is -0.400. The van der Waals surface area contributed by atoms with Crippen molar-refractivity contribution in [2.24, 2.45) is 0 Å². The molecule has 1 saturated heterocycles. The molecule has 1 fully saturated rings. The molecule has 2 aliphatic heterocycles. The molecule has 1 unspecified atom stereocenters. The van der Waals surface area contributed by atoms with Gasteiger partial charge >= 0.3 is 0 Å². The summed E-state index contributed by atoms with van der Waals surface area (Å²) in [5, 5.41) is 0.690. The lowest BCUT2D eigenvalue weighted by atomic mass is 10.1. The fourth-order valence-electron chi connectivity index (χ4n) is 3.43. The molecular weight excluding hydrogens is 312 g/mol. The van der Waals surface area contributed by atoms with E-state index >= 15 is 0 Å². The number of fused-ring (bicyclic) bond motifs is 1. The largest absolute Gasteiger partial charge is 0.480 e. The van der Waals surface area contributed by atoms with Crippen LogP contribution in [0.2, 0.25) is 5.02 Å². The van der Waals surface area contributed by atoms with Crippen molar-refractivity contribution in [1.82, 2.24) is 9.80 Å². The first kappa shape index (κ1) is 16.6. The third-order valence-corrected chi connectivity index (χ3v) is 5.00. The van der Waals surface area contributed by atoms with Gasteiger partial charge in [0.1, 0.15) is 5.75 Å². The Labute approximate surface area is 143 Å². The maximum Gasteiger partial charge on any atom is 0.263 e. The lowest BCUT2D eigenvalue weighted by Crippen LogP contribution is -2.40. The van der Waals surface area contributed by atoms with E-state index < -0.39 is 6.10 Å². The van der Waals surface area contributed by atoms with Crippen LogP contribution >= 0.6 is 11.6 Å². The smallest absolute Gasteiger partial charge is 0.263 e. The second-order valence-electron chi connectivity index (χ2n) is 6.58. The van der Waals surface area contributed by atoms with E-state index in [0.29, 0.717) is 11.4 Å². The summed E-state index contributed by atoms with van der Waals surface area (Å²) >= 11 is 6.00. The number of halogens is 1. The van der Waals surface area contributed by atoms with Crippen molar-refractivity contribution >= 4 is 17.5 Å². The Morgan fingerprint density at radius 2 is 2.13 bits per heavy atom. The average molecular weight is 337 g/mol. The maximum absolute atomic E-state index is 12.5. The standard InChI is InChI=1S/C18H25ClN2O2/c1-20(8-5-11-21-9-3-2-4-10-21)18(22)17-13-14-12-15(19)6-7-16(14)23-17/h6-7,12,17H,2-5,8-11,13H2,1H3. The fraction of sp³-hybridized carbons (Fsp3) is 0.611. The van der Waals surface area contributed by atoms with Gasteiger partial charge in [0.05, 0.1) is 0 Å². The van der Waals surface area contributed by atoms with Crippen LogP contribution in [-0.4, -0.2) is 55.0 Å². The number of rotatable bonds is 5. The molecule has 126 valence electrons. The van der Waals surface area contributed by atoms with E-state index in [1.54, 1.807) is 6.07 Å². The molecular formula is C18H25ClN2O2. The number of amides is 1. The highest BCUT2D eigenvalue weighted by atomic mass is 35.5. The Balaban J connectivity index is 1.45. The van der Waals surface area contributed by atoms with Crippen molar-refractivity contribution in [2.45, 2.75) is 38.2 Å². The van der Waals surface area contributed by atoms with Crippen molar-refractivity contribution in [3.8, 4) is 5.75 Å². The van der Waals surface area contributed by atoms with Gasteiger partial charge in [-0.15, -0.1) is 0 Å². The van der Waals surface area contributed by atoms with E-state index in [-0.39, 0.29) is 5.91 Å². The van der Waals surface area contributed by atoms with Gasteiger partial charge in [-0.05, 0) is 62.7 Å². The van der Waals surface area contributed by atoms with Gasteiger partial charge in [-0.25, -0.2) is 0 Å². The predicted octanol–water partition coefficient (Wildman–Crippen LogP) is 2.98. The molecule has 23 heavy (non-hydrogen) atoms. The molecule has 1 atom stereocenters. The van der Waals surface area contributed by atoms with E-state index in [9.17, 15) is 4.79 Å². The van der Waals surface area contributed by atoms with Crippen LogP contribution in [0.15, 0.2) is 18.2 Å². The zero-order chi connectivity index (χ0) is 16.2. The first-order valence-electron chi connectivity index (χ1n) is 8.56. The van der Waals surface area contributed by atoms with Crippen LogP contribution in [0, 0.1) is 0 Å². The number of likely N-dealkylation sites (tertiary alicyclic amines) is 1. The maximum atomic E-state index is 12.5. The quantitative estimate of drug-likeness (QED) is 0.828. The molecule has 0 radical (unpaired) electrons. The van der Waals surface area contributed by atoms with Crippen LogP contribution in [0.25, 0.3) is 0 Å². The first-order chi connectivity index (χ1) is 11.1. The highest BCUT2D eigenvalue weighted by Crippen LogP contribution is 2.31. The first-order valence-corrected chi connectivity index (χ1v) is 8.94. The Hall–Kier alpha value is -1.26. The third kappa shape index (κ3) is 4.18. The monoisotopic (exact) mass is 336 g/mol. The number of piperidine rings is 1. The van der Waals surface area contributed by atoms with Gasteiger partial charge < -0.3 is 14.5 Å². The molecule has 2 aliphatic rings. The highest BCUT2D eigenvalue weighted by molar-refractivity contribution is 6.30. The fourth-order valence-corrected chi connectivity index (χ4v) is 3.62. The van der Waals surface area contributed by atoms with Crippen molar-refractivity contribution in [3.63, 3.8) is 0 Å². The molecule has 0 bridgehead atoms. The van der Waals surface area contributed by atoms with E-state index in [4.69, 9.17) is 16.3 Å². The molecule has 5 heteroatoms. The Morgan fingerprint density at radius 1 is 1.35 bits per heavy atom. The summed E-state index contributed by atoms with van der Waals surface area (Å²) in [6.07, 6.45) is 5.22. The normalized spacial score (nSPS) is 20.9. The lowest BCUT2D eigenvalue weighted by molar-refractivity contribution is -0.136. The minimum absolute atomic E-state index is 0.0657. The van der Waals surface area contributed by atoms with E-state index in [1.807, 2.05) is 24.1 Å². The number of likely N-dealkylation sites (N-methyl/N-ethyl adjacent to an activating group) is 1. The summed E-state index contributed by atoms with van der Waals surface area (Å²) in [4.78, 5) is 16.8. The van der Waals surface area contributed by atoms with Gasteiger partial charge in [0, 0.05) is 25.0 Å². The zero-order valence-corrected chi connectivity index (χ0v) is 14.5. The summed E-state index contributed by atoms with van der Waals surface area (Å²) in [5.41, 5.74) is 1.03. The van der Waals surface area contributed by atoms with Crippen molar-refractivity contribution in [2.75, 3.05) is 33.2 Å². The number of nitrogens with zero attached hydrogens (tertiary/aromatic N) is 2. The Morgan fingerprint density at radius 3 is 2.91 bits per heavy atom. The third-order valence-electron chi connectivity index (χ3n) is 4.77. The SMILES string of the molecule is CN(CCCN1CCCCC1)C(=O)C1Cc2cc(Cl)ccc2O1. The Bertz CT molecular complexity index is 558.